The van der Waals surface area contributed by atoms with Crippen LogP contribution in [0.15, 0.2) is 4.52 Å². The van der Waals surface area contributed by atoms with Gasteiger partial charge in [-0.15, -0.1) is 0 Å². The summed E-state index contributed by atoms with van der Waals surface area (Å²) in [5.41, 5.74) is 5.88. The molecule has 1 heterocycles. The first kappa shape index (κ1) is 12.0. The second kappa shape index (κ2) is 4.83. The van der Waals surface area contributed by atoms with Crippen LogP contribution in [0.3, 0.4) is 0 Å². The van der Waals surface area contributed by atoms with Crippen molar-refractivity contribution < 1.29 is 9.32 Å². The van der Waals surface area contributed by atoms with E-state index >= 15 is 0 Å². The van der Waals surface area contributed by atoms with Crippen LogP contribution in [-0.4, -0.2) is 29.1 Å². The predicted octanol–water partition coefficient (Wildman–Crippen LogP) is 0.491. The topological polar surface area (TPSA) is 94.0 Å². The minimum atomic E-state index is -0.294. The molecule has 6 heteroatoms. The van der Waals surface area contributed by atoms with E-state index in [4.69, 9.17) is 10.3 Å². The molecule has 94 valence electrons. The molecule has 17 heavy (non-hydrogen) atoms. The lowest BCUT2D eigenvalue weighted by atomic mass is 9.67. The van der Waals surface area contributed by atoms with Gasteiger partial charge < -0.3 is 15.6 Å². The fourth-order valence-electron chi connectivity index (χ4n) is 2.11. The van der Waals surface area contributed by atoms with E-state index in [1.165, 1.54) is 6.42 Å². The van der Waals surface area contributed by atoms with Crippen molar-refractivity contribution in [3.8, 4) is 0 Å². The van der Waals surface area contributed by atoms with Gasteiger partial charge in [0.25, 0.3) is 11.7 Å². The number of rotatable bonds is 5. The summed E-state index contributed by atoms with van der Waals surface area (Å²) in [7, 11) is 0. The van der Waals surface area contributed by atoms with Gasteiger partial charge in [-0.3, -0.25) is 4.79 Å². The molecule has 1 saturated carbocycles. The SMILES string of the molecule is CCNC(=O)c1noc(CC2(CN)CCC2)n1. The summed E-state index contributed by atoms with van der Waals surface area (Å²) in [6.07, 6.45) is 4.08. The Hall–Kier alpha value is -1.43. The maximum atomic E-state index is 11.5. The van der Waals surface area contributed by atoms with Crippen LogP contribution in [0.4, 0.5) is 0 Å². The van der Waals surface area contributed by atoms with Gasteiger partial charge in [0, 0.05) is 13.0 Å². The van der Waals surface area contributed by atoms with E-state index in [-0.39, 0.29) is 17.1 Å². The maximum absolute atomic E-state index is 11.5. The Morgan fingerprint density at radius 3 is 2.88 bits per heavy atom. The summed E-state index contributed by atoms with van der Waals surface area (Å²) in [5.74, 6) is 0.322. The first-order valence-electron chi connectivity index (χ1n) is 6.00. The molecule has 6 nitrogen and oxygen atoms in total. The fraction of sp³-hybridized carbons (Fsp3) is 0.727. The summed E-state index contributed by atoms with van der Waals surface area (Å²) in [4.78, 5) is 15.6. The van der Waals surface area contributed by atoms with Crippen LogP contribution in [0.1, 0.15) is 42.7 Å². The van der Waals surface area contributed by atoms with Crippen molar-refractivity contribution in [2.24, 2.45) is 11.1 Å². The van der Waals surface area contributed by atoms with E-state index in [0.717, 1.165) is 12.8 Å². The quantitative estimate of drug-likeness (QED) is 0.778. The molecule has 1 aliphatic rings. The number of nitrogens with one attached hydrogen (secondary N) is 1. The summed E-state index contributed by atoms with van der Waals surface area (Å²) >= 11 is 0. The van der Waals surface area contributed by atoms with Crippen LogP contribution < -0.4 is 11.1 Å². The Morgan fingerprint density at radius 1 is 1.59 bits per heavy atom. The number of aromatic nitrogens is 2. The van der Waals surface area contributed by atoms with Crippen LogP contribution in [0.2, 0.25) is 0 Å². The lowest BCUT2D eigenvalue weighted by Crippen LogP contribution is -2.39. The van der Waals surface area contributed by atoms with Crippen molar-refractivity contribution >= 4 is 5.91 Å². The van der Waals surface area contributed by atoms with Crippen LogP contribution >= 0.6 is 0 Å². The molecule has 0 unspecified atom stereocenters. The zero-order valence-electron chi connectivity index (χ0n) is 10.0. The highest BCUT2D eigenvalue weighted by atomic mass is 16.5. The number of hydrogen-bond donors (Lipinski definition) is 2. The Labute approximate surface area is 99.9 Å². The average Bonchev–Trinajstić information content (AvgIpc) is 2.72. The molecule has 1 aliphatic carbocycles. The van der Waals surface area contributed by atoms with Crippen LogP contribution in [0.25, 0.3) is 0 Å². The summed E-state index contributed by atoms with van der Waals surface area (Å²) in [5, 5.41) is 6.30. The van der Waals surface area contributed by atoms with Crippen LogP contribution in [0.5, 0.6) is 0 Å². The molecule has 0 radical (unpaired) electrons. The zero-order valence-corrected chi connectivity index (χ0v) is 10.0. The molecule has 1 aromatic heterocycles. The molecule has 0 saturated heterocycles. The molecule has 2 rings (SSSR count). The minimum Gasteiger partial charge on any atom is -0.349 e. The largest absolute Gasteiger partial charge is 0.349 e. The maximum Gasteiger partial charge on any atom is 0.292 e. The lowest BCUT2D eigenvalue weighted by molar-refractivity contribution is 0.0942. The van der Waals surface area contributed by atoms with E-state index in [0.29, 0.717) is 25.4 Å². The average molecular weight is 238 g/mol. The zero-order chi connectivity index (χ0) is 12.3. The molecule has 0 aromatic carbocycles. The van der Waals surface area contributed by atoms with Crippen molar-refractivity contribution in [1.29, 1.82) is 0 Å². The Balaban J connectivity index is 2.01. The van der Waals surface area contributed by atoms with E-state index in [1.807, 2.05) is 6.92 Å². The van der Waals surface area contributed by atoms with Gasteiger partial charge in [-0.05, 0) is 31.7 Å². The van der Waals surface area contributed by atoms with Gasteiger partial charge >= 0.3 is 0 Å². The molecule has 3 N–H and O–H groups in total. The van der Waals surface area contributed by atoms with E-state index in [2.05, 4.69) is 15.5 Å². The Bertz CT molecular complexity index is 392. The van der Waals surface area contributed by atoms with Gasteiger partial charge in [0.2, 0.25) is 5.89 Å². The molecule has 0 atom stereocenters. The lowest BCUT2D eigenvalue weighted by Gasteiger charge is -2.39. The molecule has 0 bridgehead atoms. The highest BCUT2D eigenvalue weighted by Crippen LogP contribution is 2.42. The highest BCUT2D eigenvalue weighted by molar-refractivity contribution is 5.90. The summed E-state index contributed by atoms with van der Waals surface area (Å²) < 4.78 is 5.09. The highest BCUT2D eigenvalue weighted by Gasteiger charge is 2.37. The number of amides is 1. The van der Waals surface area contributed by atoms with Gasteiger partial charge in [0.1, 0.15) is 0 Å². The summed E-state index contributed by atoms with van der Waals surface area (Å²) in [6.45, 7) is 3.03. The molecular weight excluding hydrogens is 220 g/mol. The third kappa shape index (κ3) is 2.46. The monoisotopic (exact) mass is 238 g/mol. The van der Waals surface area contributed by atoms with Crippen molar-refractivity contribution in [1.82, 2.24) is 15.5 Å². The molecular formula is C11H18N4O2. The standard InChI is InChI=1S/C11H18N4O2/c1-2-13-10(16)9-14-8(17-15-9)6-11(7-12)4-3-5-11/h2-7,12H2,1H3,(H,13,16). The summed E-state index contributed by atoms with van der Waals surface area (Å²) in [6, 6.07) is 0. The van der Waals surface area contributed by atoms with Crippen molar-refractivity contribution in [2.75, 3.05) is 13.1 Å². The third-order valence-electron chi connectivity index (χ3n) is 3.38. The molecule has 1 fully saturated rings. The van der Waals surface area contributed by atoms with Gasteiger partial charge in [-0.1, -0.05) is 11.6 Å². The molecule has 1 amide bonds. The second-order valence-corrected chi connectivity index (χ2v) is 4.61. The second-order valence-electron chi connectivity index (χ2n) is 4.61. The number of hydrogen-bond acceptors (Lipinski definition) is 5. The van der Waals surface area contributed by atoms with Crippen LogP contribution in [-0.2, 0) is 6.42 Å². The number of nitrogens with two attached hydrogens (primary N) is 1. The first-order valence-corrected chi connectivity index (χ1v) is 6.00. The Morgan fingerprint density at radius 2 is 2.35 bits per heavy atom. The molecule has 0 spiro atoms. The first-order chi connectivity index (χ1) is 8.19. The van der Waals surface area contributed by atoms with E-state index in [9.17, 15) is 4.79 Å². The Kier molecular flexibility index (Phi) is 3.42. The number of carbonyl (C=O) groups is 1. The van der Waals surface area contributed by atoms with Crippen molar-refractivity contribution in [2.45, 2.75) is 32.6 Å². The fourth-order valence-corrected chi connectivity index (χ4v) is 2.11. The number of carbonyl (C=O) groups excluding carboxylic acids is 1. The number of nitrogens with zero attached hydrogens (tertiary/aromatic N) is 2. The third-order valence-corrected chi connectivity index (χ3v) is 3.38. The predicted molar refractivity (Wildman–Crippen MR) is 61.3 cm³/mol. The van der Waals surface area contributed by atoms with Gasteiger partial charge in [0.05, 0.1) is 0 Å². The van der Waals surface area contributed by atoms with Crippen molar-refractivity contribution in [3.63, 3.8) is 0 Å². The van der Waals surface area contributed by atoms with Crippen molar-refractivity contribution in [3.05, 3.63) is 11.7 Å². The van der Waals surface area contributed by atoms with E-state index < -0.39 is 0 Å². The smallest absolute Gasteiger partial charge is 0.292 e. The van der Waals surface area contributed by atoms with Gasteiger partial charge in [-0.25, -0.2) is 0 Å². The van der Waals surface area contributed by atoms with Gasteiger partial charge in [-0.2, -0.15) is 4.98 Å². The molecule has 1 aromatic rings. The minimum absolute atomic E-state index is 0.105. The van der Waals surface area contributed by atoms with Gasteiger partial charge in [0.15, 0.2) is 0 Å². The molecule has 0 aliphatic heterocycles. The van der Waals surface area contributed by atoms with Crippen LogP contribution in [0, 0.1) is 5.41 Å². The van der Waals surface area contributed by atoms with E-state index in [1.54, 1.807) is 0 Å². The normalized spacial score (nSPS) is 17.5.